The molecule has 2 aliphatic heterocycles. The van der Waals surface area contributed by atoms with Crippen molar-refractivity contribution in [2.24, 2.45) is 0 Å². The van der Waals surface area contributed by atoms with Gasteiger partial charge in [0.2, 0.25) is 5.91 Å². The summed E-state index contributed by atoms with van der Waals surface area (Å²) in [5.74, 6) is 0.469. The molecule has 0 spiro atoms. The molecule has 4 aromatic rings. The van der Waals surface area contributed by atoms with Gasteiger partial charge in [-0.1, -0.05) is 83.3 Å². The van der Waals surface area contributed by atoms with Crippen LogP contribution in [0.5, 0.6) is 5.75 Å². The Kier molecular flexibility index (Phi) is 8.29. The third-order valence-corrected chi connectivity index (χ3v) is 8.37. The fourth-order valence-electron chi connectivity index (χ4n) is 5.47. The van der Waals surface area contributed by atoms with Gasteiger partial charge in [0.15, 0.2) is 0 Å². The van der Waals surface area contributed by atoms with E-state index in [1.54, 1.807) is 28.0 Å². The SMILES string of the molecule is O=C(OCc1ccccc1)N1CCC(Oc2cc(-c3ccc(Cl)cc3)c3c(c2)N(c2c(Cl)cccc2Cl)C(=O)CC3)C1. The van der Waals surface area contributed by atoms with E-state index in [1.807, 2.05) is 66.7 Å². The lowest BCUT2D eigenvalue weighted by atomic mass is 9.91. The van der Waals surface area contributed by atoms with E-state index in [4.69, 9.17) is 44.3 Å². The van der Waals surface area contributed by atoms with Crippen molar-refractivity contribution in [1.82, 2.24) is 4.90 Å². The molecule has 2 aliphatic rings. The maximum Gasteiger partial charge on any atom is 0.410 e. The summed E-state index contributed by atoms with van der Waals surface area (Å²) in [4.78, 5) is 29.4. The van der Waals surface area contributed by atoms with Gasteiger partial charge in [-0.2, -0.15) is 0 Å². The normalized spacial score (nSPS) is 16.4. The number of para-hydroxylation sites is 1. The van der Waals surface area contributed by atoms with Gasteiger partial charge in [-0.25, -0.2) is 4.79 Å². The molecule has 0 aliphatic carbocycles. The third kappa shape index (κ3) is 5.93. The molecule has 1 fully saturated rings. The Morgan fingerprint density at radius 1 is 0.881 bits per heavy atom. The smallest absolute Gasteiger partial charge is 0.410 e. The van der Waals surface area contributed by atoms with E-state index in [0.717, 1.165) is 22.3 Å². The Bertz CT molecular complexity index is 1610. The van der Waals surface area contributed by atoms with Crippen LogP contribution >= 0.6 is 34.8 Å². The molecule has 0 radical (unpaired) electrons. The molecule has 0 N–H and O–H groups in total. The summed E-state index contributed by atoms with van der Waals surface area (Å²) in [6, 6.07) is 26.2. The second kappa shape index (κ2) is 12.3. The number of rotatable bonds is 6. The molecule has 42 heavy (non-hydrogen) atoms. The number of hydrogen-bond donors (Lipinski definition) is 0. The van der Waals surface area contributed by atoms with E-state index in [2.05, 4.69) is 0 Å². The maximum atomic E-state index is 13.4. The average Bonchev–Trinajstić information content (AvgIpc) is 3.46. The van der Waals surface area contributed by atoms with Crippen LogP contribution in [0.3, 0.4) is 0 Å². The molecule has 9 heteroatoms. The predicted octanol–water partition coefficient (Wildman–Crippen LogP) is 8.71. The number of hydrogen-bond acceptors (Lipinski definition) is 4. The molecule has 0 aromatic heterocycles. The molecular weight excluding hydrogens is 595 g/mol. The minimum Gasteiger partial charge on any atom is -0.488 e. The number of carbonyl (C=O) groups is 2. The third-order valence-electron chi connectivity index (χ3n) is 7.51. The molecule has 6 rings (SSSR count). The molecule has 6 nitrogen and oxygen atoms in total. The number of amides is 2. The van der Waals surface area contributed by atoms with Gasteiger partial charge < -0.3 is 14.4 Å². The number of anilines is 2. The van der Waals surface area contributed by atoms with Crippen molar-refractivity contribution in [3.8, 4) is 16.9 Å². The van der Waals surface area contributed by atoms with Crippen molar-refractivity contribution in [3.05, 3.63) is 111 Å². The van der Waals surface area contributed by atoms with Gasteiger partial charge in [0.25, 0.3) is 0 Å². The number of halogens is 3. The van der Waals surface area contributed by atoms with Gasteiger partial charge in [-0.05, 0) is 59.0 Å². The quantitative estimate of drug-likeness (QED) is 0.216. The van der Waals surface area contributed by atoms with Crippen LogP contribution in [0.25, 0.3) is 11.1 Å². The van der Waals surface area contributed by atoms with E-state index in [9.17, 15) is 9.59 Å². The molecule has 0 bridgehead atoms. The van der Waals surface area contributed by atoms with Crippen LogP contribution in [0.4, 0.5) is 16.2 Å². The van der Waals surface area contributed by atoms with E-state index < -0.39 is 0 Å². The standard InChI is InChI=1S/C33H27Cl3N2O4/c34-23-11-9-22(10-12-23)27-17-25(42-24-15-16-37(19-24)33(40)41-20-21-5-2-1-3-6-21)18-30-26(27)13-14-31(39)38(30)32-28(35)7-4-8-29(32)36/h1-12,17-18,24H,13-16,19-20H2. The van der Waals surface area contributed by atoms with E-state index in [1.165, 1.54) is 0 Å². The van der Waals surface area contributed by atoms with Gasteiger partial charge >= 0.3 is 6.09 Å². The predicted molar refractivity (Wildman–Crippen MR) is 166 cm³/mol. The second-order valence-electron chi connectivity index (χ2n) is 10.3. The first-order chi connectivity index (χ1) is 20.4. The summed E-state index contributed by atoms with van der Waals surface area (Å²) in [5, 5.41) is 1.39. The van der Waals surface area contributed by atoms with Crippen LogP contribution in [0, 0.1) is 0 Å². The molecular formula is C33H27Cl3N2O4. The highest BCUT2D eigenvalue weighted by molar-refractivity contribution is 6.40. The Labute approximate surface area is 259 Å². The summed E-state index contributed by atoms with van der Waals surface area (Å²) < 4.78 is 12.0. The zero-order valence-corrected chi connectivity index (χ0v) is 24.8. The second-order valence-corrected chi connectivity index (χ2v) is 11.5. The number of benzene rings is 4. The van der Waals surface area contributed by atoms with Gasteiger partial charge in [0.05, 0.1) is 28.0 Å². The Balaban J connectivity index is 1.30. The first kappa shape index (κ1) is 28.4. The average molecular weight is 622 g/mol. The minimum absolute atomic E-state index is 0.107. The lowest BCUT2D eigenvalue weighted by Gasteiger charge is -2.33. The molecule has 1 atom stereocenters. The summed E-state index contributed by atoms with van der Waals surface area (Å²) in [5.41, 5.74) is 4.90. The van der Waals surface area contributed by atoms with Crippen LogP contribution in [0.15, 0.2) is 84.9 Å². The number of nitrogens with zero attached hydrogens (tertiary/aromatic N) is 2. The van der Waals surface area contributed by atoms with E-state index in [0.29, 0.717) is 64.5 Å². The first-order valence-electron chi connectivity index (χ1n) is 13.7. The summed E-state index contributed by atoms with van der Waals surface area (Å²) in [6.07, 6.45) is 0.879. The van der Waals surface area contributed by atoms with Crippen molar-refractivity contribution in [3.63, 3.8) is 0 Å². The lowest BCUT2D eigenvalue weighted by molar-refractivity contribution is -0.118. The number of ether oxygens (including phenoxy) is 2. The number of likely N-dealkylation sites (tertiary alicyclic amines) is 1. The molecule has 0 saturated carbocycles. The minimum atomic E-state index is -0.373. The van der Waals surface area contributed by atoms with Crippen molar-refractivity contribution in [2.45, 2.75) is 32.0 Å². The van der Waals surface area contributed by atoms with Crippen LogP contribution in [0.1, 0.15) is 24.0 Å². The highest BCUT2D eigenvalue weighted by Crippen LogP contribution is 2.46. The molecule has 2 heterocycles. The van der Waals surface area contributed by atoms with Crippen molar-refractivity contribution < 1.29 is 19.1 Å². The van der Waals surface area contributed by atoms with Crippen molar-refractivity contribution in [2.75, 3.05) is 18.0 Å². The van der Waals surface area contributed by atoms with Gasteiger partial charge in [-0.15, -0.1) is 0 Å². The van der Waals surface area contributed by atoms with E-state index >= 15 is 0 Å². The largest absolute Gasteiger partial charge is 0.488 e. The Morgan fingerprint density at radius 2 is 1.62 bits per heavy atom. The van der Waals surface area contributed by atoms with Crippen molar-refractivity contribution >= 4 is 58.2 Å². The van der Waals surface area contributed by atoms with Crippen LogP contribution in [-0.4, -0.2) is 36.1 Å². The molecule has 214 valence electrons. The van der Waals surface area contributed by atoms with Crippen molar-refractivity contribution in [1.29, 1.82) is 0 Å². The topological polar surface area (TPSA) is 59.1 Å². The van der Waals surface area contributed by atoms with E-state index in [-0.39, 0.29) is 24.7 Å². The van der Waals surface area contributed by atoms with Gasteiger partial charge in [-0.3, -0.25) is 9.69 Å². The zero-order valence-electron chi connectivity index (χ0n) is 22.6. The molecule has 4 aromatic carbocycles. The van der Waals surface area contributed by atoms with Gasteiger partial charge in [0, 0.05) is 30.5 Å². The number of carbonyl (C=O) groups excluding carboxylic acids is 2. The highest BCUT2D eigenvalue weighted by Gasteiger charge is 2.33. The van der Waals surface area contributed by atoms with Crippen LogP contribution in [-0.2, 0) is 22.6 Å². The summed E-state index contributed by atoms with van der Waals surface area (Å²) >= 11 is 19.4. The first-order valence-corrected chi connectivity index (χ1v) is 14.8. The van der Waals surface area contributed by atoms with Crippen LogP contribution < -0.4 is 9.64 Å². The lowest BCUT2D eigenvalue weighted by Crippen LogP contribution is -2.32. The Morgan fingerprint density at radius 3 is 2.36 bits per heavy atom. The fourth-order valence-corrected chi connectivity index (χ4v) is 6.16. The molecule has 2 amide bonds. The fraction of sp³-hybridized carbons (Fsp3) is 0.212. The van der Waals surface area contributed by atoms with Crippen LogP contribution in [0.2, 0.25) is 15.1 Å². The molecule has 1 saturated heterocycles. The monoisotopic (exact) mass is 620 g/mol. The zero-order chi connectivity index (χ0) is 29.2. The summed E-state index contributed by atoms with van der Waals surface area (Å²) in [6.45, 7) is 1.12. The molecule has 1 unspecified atom stereocenters. The number of fused-ring (bicyclic) bond motifs is 1. The van der Waals surface area contributed by atoms with Gasteiger partial charge in [0.1, 0.15) is 18.5 Å². The maximum absolute atomic E-state index is 13.4. The Hall–Kier alpha value is -3.71. The highest BCUT2D eigenvalue weighted by atomic mass is 35.5. The summed E-state index contributed by atoms with van der Waals surface area (Å²) in [7, 11) is 0.